The Morgan fingerprint density at radius 2 is 2.28 bits per heavy atom. The van der Waals surface area contributed by atoms with E-state index in [4.69, 9.17) is 5.73 Å². The van der Waals surface area contributed by atoms with Crippen LogP contribution in [0.5, 0.6) is 0 Å². The zero-order valence-corrected chi connectivity index (χ0v) is 11.5. The lowest BCUT2D eigenvalue weighted by molar-refractivity contribution is 0.0972. The molecule has 3 N–H and O–H groups in total. The molecule has 1 aliphatic carbocycles. The maximum Gasteiger partial charge on any atom is 0.255 e. The number of nitrogens with one attached hydrogen (secondary N) is 1. The van der Waals surface area contributed by atoms with Gasteiger partial charge in [-0.3, -0.25) is 4.79 Å². The van der Waals surface area contributed by atoms with E-state index >= 15 is 0 Å². The predicted molar refractivity (Wildman–Crippen MR) is 72.1 cm³/mol. The first kappa shape index (κ1) is 13.6. The molecule has 1 aromatic rings. The highest BCUT2D eigenvalue weighted by molar-refractivity contribution is 7.99. The molecule has 1 saturated carbocycles. The van der Waals surface area contributed by atoms with Gasteiger partial charge in [0.1, 0.15) is 5.00 Å². The van der Waals surface area contributed by atoms with Crippen LogP contribution < -0.4 is 11.1 Å². The average Bonchev–Trinajstić information content (AvgIpc) is 3.11. The molecule has 7 heteroatoms. The monoisotopic (exact) mass is 292 g/mol. The molecule has 3 nitrogen and oxygen atoms in total. The number of Topliss-reactive ketones (excluding diaryl/α,β-unsaturated/α-hetero) is 1. The molecular formula is C11H14F2N2OS2. The van der Waals surface area contributed by atoms with Gasteiger partial charge < -0.3 is 11.1 Å². The Hall–Kier alpha value is -0.820. The molecule has 1 aromatic heterocycles. The third kappa shape index (κ3) is 2.77. The summed E-state index contributed by atoms with van der Waals surface area (Å²) in [6.45, 7) is -0.426. The van der Waals surface area contributed by atoms with Crippen LogP contribution >= 0.6 is 23.1 Å². The second kappa shape index (κ2) is 5.44. The normalized spacial score (nSPS) is 15.1. The highest BCUT2D eigenvalue weighted by Crippen LogP contribution is 2.45. The van der Waals surface area contributed by atoms with Crippen molar-refractivity contribution in [2.45, 2.75) is 24.2 Å². The number of hydrogen-bond acceptors (Lipinski definition) is 5. The van der Waals surface area contributed by atoms with Crippen molar-refractivity contribution in [3.63, 3.8) is 0 Å². The molecule has 1 heterocycles. The van der Waals surface area contributed by atoms with E-state index in [-0.39, 0.29) is 11.7 Å². The Labute approximate surface area is 112 Å². The maximum absolute atomic E-state index is 12.2. The maximum atomic E-state index is 12.2. The van der Waals surface area contributed by atoms with E-state index in [0.29, 0.717) is 20.5 Å². The topological polar surface area (TPSA) is 55.1 Å². The average molecular weight is 292 g/mol. The highest BCUT2D eigenvalue weighted by Gasteiger charge is 2.34. The number of rotatable bonds is 6. The predicted octanol–water partition coefficient (Wildman–Crippen LogP) is 3.32. The van der Waals surface area contributed by atoms with Crippen molar-refractivity contribution in [2.75, 3.05) is 23.9 Å². The SMILES string of the molecule is CSc1c(NCC(F)F)sc(C(=O)C2CC2)c1N. The van der Waals surface area contributed by atoms with Crippen LogP contribution in [0.4, 0.5) is 19.5 Å². The molecule has 0 aliphatic heterocycles. The van der Waals surface area contributed by atoms with Gasteiger partial charge in [0, 0.05) is 5.92 Å². The van der Waals surface area contributed by atoms with Crippen LogP contribution in [-0.4, -0.2) is 25.0 Å². The molecule has 0 aromatic carbocycles. The minimum atomic E-state index is -2.43. The molecule has 0 spiro atoms. The van der Waals surface area contributed by atoms with Crippen molar-refractivity contribution in [1.29, 1.82) is 0 Å². The first-order valence-corrected chi connectivity index (χ1v) is 7.61. The molecule has 1 fully saturated rings. The van der Waals surface area contributed by atoms with Crippen molar-refractivity contribution in [3.8, 4) is 0 Å². The van der Waals surface area contributed by atoms with E-state index in [0.717, 1.165) is 12.8 Å². The highest BCUT2D eigenvalue weighted by atomic mass is 32.2. The van der Waals surface area contributed by atoms with E-state index in [1.54, 1.807) is 0 Å². The van der Waals surface area contributed by atoms with Crippen LogP contribution in [-0.2, 0) is 0 Å². The number of nitrogens with two attached hydrogens (primary N) is 1. The van der Waals surface area contributed by atoms with Crippen molar-refractivity contribution in [3.05, 3.63) is 4.88 Å². The van der Waals surface area contributed by atoms with Crippen molar-refractivity contribution in [1.82, 2.24) is 0 Å². The largest absolute Gasteiger partial charge is 0.396 e. The Morgan fingerprint density at radius 3 is 2.78 bits per heavy atom. The van der Waals surface area contributed by atoms with Crippen LogP contribution in [0.15, 0.2) is 4.90 Å². The summed E-state index contributed by atoms with van der Waals surface area (Å²) in [6, 6.07) is 0. The van der Waals surface area contributed by atoms with Gasteiger partial charge in [-0.15, -0.1) is 23.1 Å². The quantitative estimate of drug-likeness (QED) is 0.624. The van der Waals surface area contributed by atoms with Gasteiger partial charge in [-0.05, 0) is 19.1 Å². The molecule has 100 valence electrons. The number of hydrogen-bond donors (Lipinski definition) is 2. The van der Waals surface area contributed by atoms with Gasteiger partial charge in [-0.2, -0.15) is 0 Å². The zero-order chi connectivity index (χ0) is 13.3. The van der Waals surface area contributed by atoms with Gasteiger partial charge in [-0.25, -0.2) is 8.78 Å². The standard InChI is InChI=1S/C11H14F2N2OS2/c1-17-10-7(14)9(8(16)5-2-3-5)18-11(10)15-4-6(12)13/h5-6,15H,2-4,14H2,1H3. The number of alkyl halides is 2. The second-order valence-corrected chi connectivity index (χ2v) is 5.95. The third-order valence-corrected chi connectivity index (χ3v) is 4.83. The van der Waals surface area contributed by atoms with Crippen LogP contribution in [0.1, 0.15) is 22.5 Å². The summed E-state index contributed by atoms with van der Waals surface area (Å²) < 4.78 is 24.4. The number of ketones is 1. The summed E-state index contributed by atoms with van der Waals surface area (Å²) in [5, 5.41) is 3.23. The van der Waals surface area contributed by atoms with E-state index in [2.05, 4.69) is 5.32 Å². The van der Waals surface area contributed by atoms with Crippen LogP contribution in [0.3, 0.4) is 0 Å². The van der Waals surface area contributed by atoms with Crippen LogP contribution in [0.2, 0.25) is 0 Å². The lowest BCUT2D eigenvalue weighted by Gasteiger charge is -2.04. The van der Waals surface area contributed by atoms with Crippen molar-refractivity contribution < 1.29 is 13.6 Å². The minimum Gasteiger partial charge on any atom is -0.396 e. The van der Waals surface area contributed by atoms with E-state index in [9.17, 15) is 13.6 Å². The summed E-state index contributed by atoms with van der Waals surface area (Å²) in [5.74, 6) is 0.140. The summed E-state index contributed by atoms with van der Waals surface area (Å²) in [7, 11) is 0. The fraction of sp³-hybridized carbons (Fsp3) is 0.545. The molecule has 0 radical (unpaired) electrons. The Bertz CT molecular complexity index is 458. The zero-order valence-electron chi connectivity index (χ0n) is 9.83. The van der Waals surface area contributed by atoms with Crippen molar-refractivity contribution >= 4 is 39.6 Å². The van der Waals surface area contributed by atoms with Gasteiger partial charge in [0.25, 0.3) is 6.43 Å². The number of anilines is 2. The molecular weight excluding hydrogens is 278 g/mol. The summed E-state index contributed by atoms with van der Waals surface area (Å²) in [6.07, 6.45) is 1.21. The molecule has 0 unspecified atom stereocenters. The summed E-state index contributed by atoms with van der Waals surface area (Å²) in [4.78, 5) is 13.2. The van der Waals surface area contributed by atoms with Gasteiger partial charge >= 0.3 is 0 Å². The van der Waals surface area contributed by atoms with Crippen LogP contribution in [0, 0.1) is 5.92 Å². The molecule has 0 amide bonds. The molecule has 0 atom stereocenters. The number of halogens is 2. The number of carbonyl (C=O) groups is 1. The fourth-order valence-electron chi connectivity index (χ4n) is 1.63. The van der Waals surface area contributed by atoms with Gasteiger partial charge in [0.05, 0.1) is 22.0 Å². The Kier molecular flexibility index (Phi) is 4.11. The molecule has 0 bridgehead atoms. The van der Waals surface area contributed by atoms with E-state index < -0.39 is 13.0 Å². The molecule has 18 heavy (non-hydrogen) atoms. The smallest absolute Gasteiger partial charge is 0.255 e. The van der Waals surface area contributed by atoms with Crippen molar-refractivity contribution in [2.24, 2.45) is 5.92 Å². The Morgan fingerprint density at radius 1 is 1.61 bits per heavy atom. The molecule has 0 saturated heterocycles. The van der Waals surface area contributed by atoms with E-state index in [1.807, 2.05) is 6.26 Å². The first-order chi connectivity index (χ1) is 8.54. The molecule has 2 rings (SSSR count). The Balaban J connectivity index is 2.23. The number of thioether (sulfide) groups is 1. The minimum absolute atomic E-state index is 0.0536. The summed E-state index contributed by atoms with van der Waals surface area (Å²) in [5.41, 5.74) is 6.36. The number of thiophene rings is 1. The van der Waals surface area contributed by atoms with Gasteiger partial charge in [0.15, 0.2) is 5.78 Å². The first-order valence-electron chi connectivity index (χ1n) is 5.57. The second-order valence-electron chi connectivity index (χ2n) is 4.12. The molecule has 1 aliphatic rings. The number of carbonyl (C=O) groups excluding carboxylic acids is 1. The summed E-state index contributed by atoms with van der Waals surface area (Å²) >= 11 is 2.56. The lowest BCUT2D eigenvalue weighted by atomic mass is 10.2. The number of nitrogen functional groups attached to an aromatic ring is 1. The van der Waals surface area contributed by atoms with Gasteiger partial charge in [0.2, 0.25) is 0 Å². The van der Waals surface area contributed by atoms with E-state index in [1.165, 1.54) is 23.1 Å². The third-order valence-electron chi connectivity index (χ3n) is 2.69. The van der Waals surface area contributed by atoms with Crippen LogP contribution in [0.25, 0.3) is 0 Å². The lowest BCUT2D eigenvalue weighted by Crippen LogP contribution is -2.09. The van der Waals surface area contributed by atoms with Gasteiger partial charge in [-0.1, -0.05) is 0 Å². The fourth-order valence-corrected chi connectivity index (χ4v) is 3.69.